The summed E-state index contributed by atoms with van der Waals surface area (Å²) < 4.78 is 1.55. The van der Waals surface area contributed by atoms with Crippen LogP contribution in [-0.4, -0.2) is 38.4 Å². The average molecular weight is 346 g/mol. The van der Waals surface area contributed by atoms with Crippen LogP contribution in [0.4, 0.5) is 0 Å². The number of carbonyl (C=O) groups is 1. The van der Waals surface area contributed by atoms with Crippen molar-refractivity contribution >= 4 is 5.91 Å². The zero-order valence-electron chi connectivity index (χ0n) is 15.0. The third kappa shape index (κ3) is 2.79. The van der Waals surface area contributed by atoms with E-state index in [1.807, 2.05) is 11.0 Å². The van der Waals surface area contributed by atoms with Gasteiger partial charge < -0.3 is 4.90 Å². The van der Waals surface area contributed by atoms with Crippen molar-refractivity contribution in [3.8, 4) is 0 Å². The van der Waals surface area contributed by atoms with E-state index in [2.05, 4.69) is 65.8 Å². The number of hydrogen-bond acceptors (Lipinski definition) is 3. The van der Waals surface area contributed by atoms with Crippen LogP contribution in [-0.2, 0) is 13.5 Å². The average Bonchev–Trinajstić information content (AvgIpc) is 3.03. The highest BCUT2D eigenvalue weighted by Crippen LogP contribution is 2.36. The summed E-state index contributed by atoms with van der Waals surface area (Å²) in [4.78, 5) is 15.2. The van der Waals surface area contributed by atoms with E-state index in [4.69, 9.17) is 0 Å². The number of aromatic nitrogens is 3. The van der Waals surface area contributed by atoms with Gasteiger partial charge >= 0.3 is 0 Å². The van der Waals surface area contributed by atoms with Gasteiger partial charge in [0.1, 0.15) is 5.69 Å². The topological polar surface area (TPSA) is 51.0 Å². The number of aryl methyl sites for hydroxylation is 1. The molecule has 0 spiro atoms. The molecule has 132 valence electrons. The second-order valence-corrected chi connectivity index (χ2v) is 6.82. The van der Waals surface area contributed by atoms with E-state index in [1.54, 1.807) is 17.9 Å². The highest BCUT2D eigenvalue weighted by Gasteiger charge is 2.34. The summed E-state index contributed by atoms with van der Waals surface area (Å²) in [5.41, 5.74) is 4.38. The third-order valence-corrected chi connectivity index (χ3v) is 5.34. The number of fused-ring (bicyclic) bond motifs is 1. The minimum atomic E-state index is -0.0151. The van der Waals surface area contributed by atoms with E-state index in [9.17, 15) is 4.79 Å². The Hall–Kier alpha value is -2.95. The predicted octanol–water partition coefficient (Wildman–Crippen LogP) is 3.03. The van der Waals surface area contributed by atoms with Crippen LogP contribution >= 0.6 is 0 Å². The number of carbonyl (C=O) groups excluding carboxylic acids is 1. The van der Waals surface area contributed by atoms with Crippen LogP contribution in [0.1, 0.15) is 40.0 Å². The van der Waals surface area contributed by atoms with Gasteiger partial charge in [-0.15, -0.1) is 5.10 Å². The molecule has 3 aromatic rings. The highest BCUT2D eigenvalue weighted by molar-refractivity contribution is 5.92. The van der Waals surface area contributed by atoms with Gasteiger partial charge in [-0.2, -0.15) is 0 Å². The lowest BCUT2D eigenvalue weighted by molar-refractivity contribution is 0.0676. The van der Waals surface area contributed by atoms with E-state index >= 15 is 0 Å². The molecule has 0 bridgehead atoms. The summed E-state index contributed by atoms with van der Waals surface area (Å²) in [5.74, 6) is 0.124. The number of hydrogen-bond donors (Lipinski definition) is 0. The quantitative estimate of drug-likeness (QED) is 0.717. The van der Waals surface area contributed by atoms with Crippen molar-refractivity contribution in [2.75, 3.05) is 6.54 Å². The number of amides is 1. The van der Waals surface area contributed by atoms with E-state index in [0.29, 0.717) is 12.2 Å². The van der Waals surface area contributed by atoms with E-state index in [1.165, 1.54) is 16.7 Å². The Labute approximate surface area is 153 Å². The van der Waals surface area contributed by atoms with Crippen LogP contribution in [0.5, 0.6) is 0 Å². The molecular formula is C21H22N4O. The fourth-order valence-electron chi connectivity index (χ4n) is 3.99. The van der Waals surface area contributed by atoms with Crippen molar-refractivity contribution in [1.82, 2.24) is 19.9 Å². The summed E-state index contributed by atoms with van der Waals surface area (Å²) in [6.07, 6.45) is 2.39. The smallest absolute Gasteiger partial charge is 0.274 e. The first-order valence-electron chi connectivity index (χ1n) is 8.95. The molecule has 2 atom stereocenters. The number of nitrogens with zero attached hydrogens (tertiary/aromatic N) is 4. The molecule has 1 aromatic heterocycles. The van der Waals surface area contributed by atoms with Crippen molar-refractivity contribution < 1.29 is 4.79 Å². The molecule has 0 saturated heterocycles. The van der Waals surface area contributed by atoms with Crippen molar-refractivity contribution in [3.63, 3.8) is 0 Å². The molecule has 2 aromatic carbocycles. The molecule has 0 radical (unpaired) electrons. The summed E-state index contributed by atoms with van der Waals surface area (Å²) in [5, 5.41) is 7.79. The molecule has 0 aliphatic carbocycles. The maximum Gasteiger partial charge on any atom is 0.274 e. The van der Waals surface area contributed by atoms with Crippen LogP contribution in [0, 0.1) is 0 Å². The fraction of sp³-hybridized carbons (Fsp3) is 0.286. The first kappa shape index (κ1) is 16.5. The van der Waals surface area contributed by atoms with Gasteiger partial charge in [-0.05, 0) is 30.0 Å². The number of rotatable bonds is 2. The van der Waals surface area contributed by atoms with Gasteiger partial charge in [-0.25, -0.2) is 4.68 Å². The zero-order chi connectivity index (χ0) is 18.1. The Morgan fingerprint density at radius 3 is 2.54 bits per heavy atom. The van der Waals surface area contributed by atoms with E-state index in [-0.39, 0.29) is 17.9 Å². The monoisotopic (exact) mass is 346 g/mol. The van der Waals surface area contributed by atoms with Gasteiger partial charge in [0.05, 0.1) is 6.20 Å². The van der Waals surface area contributed by atoms with Crippen molar-refractivity contribution in [2.45, 2.75) is 25.3 Å². The van der Waals surface area contributed by atoms with Crippen LogP contribution in [0.3, 0.4) is 0 Å². The van der Waals surface area contributed by atoms with Crippen LogP contribution < -0.4 is 0 Å². The second kappa shape index (κ2) is 6.75. The number of benzene rings is 2. The molecule has 1 aliphatic rings. The maximum absolute atomic E-state index is 13.2. The van der Waals surface area contributed by atoms with Crippen LogP contribution in [0.25, 0.3) is 0 Å². The van der Waals surface area contributed by atoms with E-state index < -0.39 is 0 Å². The highest BCUT2D eigenvalue weighted by atomic mass is 16.2. The second-order valence-electron chi connectivity index (χ2n) is 6.82. The Balaban J connectivity index is 1.79. The lowest BCUT2D eigenvalue weighted by Gasteiger charge is -2.33. The standard InChI is InChI=1S/C21H22N4O/c1-15-20(17-9-4-3-5-10-17)18-11-7-6-8-16(18)12-13-25(15)21(26)19-14-22-23-24(19)2/h3-11,14-15,20H,12-13H2,1-2H3/t15-,20+/m0/s1. The molecule has 1 amide bonds. The molecule has 0 N–H and O–H groups in total. The summed E-state index contributed by atoms with van der Waals surface area (Å²) in [6, 6.07) is 19.0. The molecule has 4 rings (SSSR count). The molecule has 5 nitrogen and oxygen atoms in total. The SMILES string of the molecule is C[C@H]1[C@H](c2ccccc2)c2ccccc2CCN1C(=O)c1cnnn1C. The normalized spacial score (nSPS) is 19.7. The Morgan fingerprint density at radius 1 is 1.08 bits per heavy atom. The Morgan fingerprint density at radius 2 is 1.81 bits per heavy atom. The molecule has 2 heterocycles. The van der Waals surface area contributed by atoms with Crippen molar-refractivity contribution in [1.29, 1.82) is 0 Å². The lowest BCUT2D eigenvalue weighted by Crippen LogP contribution is -2.42. The minimum Gasteiger partial charge on any atom is -0.333 e. The maximum atomic E-state index is 13.2. The predicted molar refractivity (Wildman–Crippen MR) is 99.9 cm³/mol. The third-order valence-electron chi connectivity index (χ3n) is 5.34. The molecule has 0 fully saturated rings. The van der Waals surface area contributed by atoms with Gasteiger partial charge in [0, 0.05) is 25.6 Å². The summed E-state index contributed by atoms with van der Waals surface area (Å²) in [6.45, 7) is 2.83. The minimum absolute atomic E-state index is 0.0151. The molecule has 1 aliphatic heterocycles. The summed E-state index contributed by atoms with van der Waals surface area (Å²) in [7, 11) is 1.76. The molecule has 0 unspecified atom stereocenters. The Bertz CT molecular complexity index is 919. The Kier molecular flexibility index (Phi) is 4.29. The van der Waals surface area contributed by atoms with Crippen molar-refractivity contribution in [3.05, 3.63) is 83.2 Å². The van der Waals surface area contributed by atoms with Gasteiger partial charge in [0.25, 0.3) is 5.91 Å². The molecule has 26 heavy (non-hydrogen) atoms. The van der Waals surface area contributed by atoms with Gasteiger partial charge in [-0.1, -0.05) is 59.8 Å². The van der Waals surface area contributed by atoms with E-state index in [0.717, 1.165) is 6.42 Å². The van der Waals surface area contributed by atoms with Gasteiger partial charge in [0.2, 0.25) is 0 Å². The summed E-state index contributed by atoms with van der Waals surface area (Å²) >= 11 is 0. The van der Waals surface area contributed by atoms with Gasteiger partial charge in [0.15, 0.2) is 0 Å². The lowest BCUT2D eigenvalue weighted by atomic mass is 9.83. The van der Waals surface area contributed by atoms with Gasteiger partial charge in [-0.3, -0.25) is 4.79 Å². The van der Waals surface area contributed by atoms with Crippen LogP contribution in [0.15, 0.2) is 60.8 Å². The molecule has 5 heteroatoms. The van der Waals surface area contributed by atoms with Crippen molar-refractivity contribution in [2.24, 2.45) is 7.05 Å². The first-order valence-corrected chi connectivity index (χ1v) is 8.95. The zero-order valence-corrected chi connectivity index (χ0v) is 15.0. The molecular weight excluding hydrogens is 324 g/mol. The first-order chi connectivity index (χ1) is 12.7. The van der Waals surface area contributed by atoms with Crippen LogP contribution in [0.2, 0.25) is 0 Å². The fourth-order valence-corrected chi connectivity index (χ4v) is 3.99. The molecule has 0 saturated carbocycles. The largest absolute Gasteiger partial charge is 0.333 e.